The first-order valence-electron chi connectivity index (χ1n) is 5.54. The highest BCUT2D eigenvalue weighted by Crippen LogP contribution is 2.15. The van der Waals surface area contributed by atoms with Crippen LogP contribution < -0.4 is 10.9 Å². The van der Waals surface area contributed by atoms with E-state index in [1.165, 1.54) is 4.68 Å². The van der Waals surface area contributed by atoms with Crippen LogP contribution in [-0.2, 0) is 11.3 Å². The summed E-state index contributed by atoms with van der Waals surface area (Å²) in [5.74, 6) is 0.388. The van der Waals surface area contributed by atoms with Gasteiger partial charge in [0.25, 0.3) is 5.56 Å². The monoisotopic (exact) mass is 303 g/mol. The zero-order chi connectivity index (χ0) is 12.8. The zero-order valence-corrected chi connectivity index (χ0v) is 12.0. The molecule has 0 saturated heterocycles. The maximum absolute atomic E-state index is 11.9. The molecule has 6 heteroatoms. The average Bonchev–Trinajstić information content (AvgIpc) is 2.28. The van der Waals surface area contributed by atoms with E-state index in [1.54, 1.807) is 13.3 Å². The summed E-state index contributed by atoms with van der Waals surface area (Å²) >= 11 is 3.30. The fourth-order valence-corrected chi connectivity index (χ4v) is 1.80. The lowest BCUT2D eigenvalue weighted by Crippen LogP contribution is -2.26. The quantitative estimate of drug-likeness (QED) is 0.813. The van der Waals surface area contributed by atoms with Gasteiger partial charge in [-0.3, -0.25) is 4.79 Å². The third-order valence-corrected chi connectivity index (χ3v) is 2.91. The number of anilines is 1. The molecule has 1 aromatic rings. The van der Waals surface area contributed by atoms with Gasteiger partial charge in [0.2, 0.25) is 0 Å². The molecule has 0 aliphatic heterocycles. The molecule has 0 spiro atoms. The van der Waals surface area contributed by atoms with Crippen molar-refractivity contribution in [1.82, 2.24) is 9.78 Å². The van der Waals surface area contributed by atoms with Crippen LogP contribution in [0.25, 0.3) is 0 Å². The molecule has 0 atom stereocenters. The van der Waals surface area contributed by atoms with Crippen molar-refractivity contribution in [2.75, 3.05) is 25.6 Å². The minimum atomic E-state index is -0.110. The van der Waals surface area contributed by atoms with Gasteiger partial charge < -0.3 is 10.1 Å². The highest BCUT2D eigenvalue weighted by molar-refractivity contribution is 9.10. The molecule has 0 aromatic carbocycles. The molecule has 0 aliphatic carbocycles. The molecule has 1 N–H and O–H groups in total. The Labute approximate surface area is 109 Å². The number of nitrogens with one attached hydrogen (secondary N) is 1. The second-order valence-electron chi connectivity index (χ2n) is 4.17. The summed E-state index contributed by atoms with van der Waals surface area (Å²) in [6, 6.07) is 0. The summed E-state index contributed by atoms with van der Waals surface area (Å²) < 4.78 is 6.91. The van der Waals surface area contributed by atoms with E-state index in [0.29, 0.717) is 35.8 Å². The first kappa shape index (κ1) is 14.2. The van der Waals surface area contributed by atoms with Crippen molar-refractivity contribution in [3.05, 3.63) is 21.0 Å². The van der Waals surface area contributed by atoms with E-state index in [0.717, 1.165) is 0 Å². The van der Waals surface area contributed by atoms with Gasteiger partial charge in [-0.2, -0.15) is 5.10 Å². The Morgan fingerprint density at radius 2 is 2.29 bits per heavy atom. The van der Waals surface area contributed by atoms with E-state index in [1.807, 2.05) is 13.8 Å². The first-order valence-corrected chi connectivity index (χ1v) is 6.34. The Balaban J connectivity index is 2.83. The zero-order valence-electron chi connectivity index (χ0n) is 10.4. The summed E-state index contributed by atoms with van der Waals surface area (Å²) in [5.41, 5.74) is 0.591. The van der Waals surface area contributed by atoms with Gasteiger partial charge in [-0.05, 0) is 21.8 Å². The summed E-state index contributed by atoms with van der Waals surface area (Å²) in [7, 11) is 1.63. The van der Waals surface area contributed by atoms with Gasteiger partial charge in [0, 0.05) is 20.2 Å². The molecule has 0 fully saturated rings. The summed E-state index contributed by atoms with van der Waals surface area (Å²) in [6.45, 7) is 5.95. The molecule has 1 heterocycles. The van der Waals surface area contributed by atoms with Gasteiger partial charge in [-0.25, -0.2) is 4.68 Å². The highest BCUT2D eigenvalue weighted by atomic mass is 79.9. The molecule has 1 rings (SSSR count). The molecule has 17 heavy (non-hydrogen) atoms. The van der Waals surface area contributed by atoms with Crippen LogP contribution in [0.3, 0.4) is 0 Å². The van der Waals surface area contributed by atoms with Crippen LogP contribution in [0.1, 0.15) is 13.8 Å². The van der Waals surface area contributed by atoms with Crippen molar-refractivity contribution < 1.29 is 4.74 Å². The highest BCUT2D eigenvalue weighted by Gasteiger charge is 2.09. The topological polar surface area (TPSA) is 56.1 Å². The predicted octanol–water partition coefficient (Wildman–Crippen LogP) is 1.72. The van der Waals surface area contributed by atoms with E-state index < -0.39 is 0 Å². The molecule has 0 aliphatic rings. The van der Waals surface area contributed by atoms with Crippen molar-refractivity contribution in [3.8, 4) is 0 Å². The molecule has 0 saturated carbocycles. The molecule has 5 nitrogen and oxygen atoms in total. The van der Waals surface area contributed by atoms with Gasteiger partial charge in [0.1, 0.15) is 4.47 Å². The lowest BCUT2D eigenvalue weighted by atomic mass is 10.2. The van der Waals surface area contributed by atoms with Crippen LogP contribution in [-0.4, -0.2) is 30.0 Å². The summed E-state index contributed by atoms with van der Waals surface area (Å²) in [6.07, 6.45) is 1.66. The number of rotatable bonds is 6. The average molecular weight is 304 g/mol. The molecular formula is C11H18BrN3O2. The van der Waals surface area contributed by atoms with Gasteiger partial charge in [0.05, 0.1) is 18.5 Å². The lowest BCUT2D eigenvalue weighted by Gasteiger charge is -2.11. The van der Waals surface area contributed by atoms with Gasteiger partial charge in [0.15, 0.2) is 0 Å². The number of hydrogen-bond acceptors (Lipinski definition) is 4. The molecule has 0 amide bonds. The standard InChI is InChI=1S/C11H18BrN3O2/c1-8(2)7-15-11(16)10(12)9(6-14-15)13-4-5-17-3/h6,8,13H,4-5,7H2,1-3H3. The Morgan fingerprint density at radius 1 is 1.59 bits per heavy atom. The van der Waals surface area contributed by atoms with Crippen LogP contribution in [0.2, 0.25) is 0 Å². The van der Waals surface area contributed by atoms with Gasteiger partial charge in [-0.1, -0.05) is 13.8 Å². The van der Waals surface area contributed by atoms with Crippen molar-refractivity contribution in [3.63, 3.8) is 0 Å². The number of hydrogen-bond donors (Lipinski definition) is 1. The maximum Gasteiger partial charge on any atom is 0.283 e. The second-order valence-corrected chi connectivity index (χ2v) is 4.97. The van der Waals surface area contributed by atoms with Crippen LogP contribution in [0.15, 0.2) is 15.5 Å². The molecule has 96 valence electrons. The minimum Gasteiger partial charge on any atom is -0.383 e. The summed E-state index contributed by atoms with van der Waals surface area (Å²) in [4.78, 5) is 11.9. The Morgan fingerprint density at radius 3 is 2.88 bits per heavy atom. The number of ether oxygens (including phenoxy) is 1. The largest absolute Gasteiger partial charge is 0.383 e. The molecular weight excluding hydrogens is 286 g/mol. The molecule has 0 bridgehead atoms. The van der Waals surface area contributed by atoms with Gasteiger partial charge in [-0.15, -0.1) is 0 Å². The number of nitrogens with zero attached hydrogens (tertiary/aromatic N) is 2. The van der Waals surface area contributed by atoms with Crippen molar-refractivity contribution in [2.24, 2.45) is 5.92 Å². The van der Waals surface area contributed by atoms with Crippen LogP contribution in [0.5, 0.6) is 0 Å². The van der Waals surface area contributed by atoms with E-state index in [2.05, 4.69) is 26.3 Å². The fourth-order valence-electron chi connectivity index (χ4n) is 1.35. The third kappa shape index (κ3) is 4.12. The maximum atomic E-state index is 11.9. The normalized spacial score (nSPS) is 10.9. The van der Waals surface area contributed by atoms with Gasteiger partial charge >= 0.3 is 0 Å². The first-order chi connectivity index (χ1) is 8.06. The summed E-state index contributed by atoms with van der Waals surface area (Å²) in [5, 5.41) is 7.22. The van der Waals surface area contributed by atoms with Crippen molar-refractivity contribution in [1.29, 1.82) is 0 Å². The van der Waals surface area contributed by atoms with E-state index in [9.17, 15) is 4.79 Å². The van der Waals surface area contributed by atoms with Crippen molar-refractivity contribution in [2.45, 2.75) is 20.4 Å². The van der Waals surface area contributed by atoms with E-state index in [-0.39, 0.29) is 5.56 Å². The minimum absolute atomic E-state index is 0.110. The SMILES string of the molecule is COCCNc1cnn(CC(C)C)c(=O)c1Br. The lowest BCUT2D eigenvalue weighted by molar-refractivity contribution is 0.210. The van der Waals surface area contributed by atoms with Crippen LogP contribution in [0.4, 0.5) is 5.69 Å². The Kier molecular flexibility index (Phi) is 5.64. The molecule has 1 aromatic heterocycles. The van der Waals surface area contributed by atoms with Crippen molar-refractivity contribution >= 4 is 21.6 Å². The van der Waals surface area contributed by atoms with E-state index >= 15 is 0 Å². The molecule has 0 radical (unpaired) electrons. The fraction of sp³-hybridized carbons (Fsp3) is 0.636. The predicted molar refractivity (Wildman–Crippen MR) is 71.4 cm³/mol. The number of aromatic nitrogens is 2. The van der Waals surface area contributed by atoms with Crippen LogP contribution >= 0.6 is 15.9 Å². The van der Waals surface area contributed by atoms with E-state index in [4.69, 9.17) is 4.74 Å². The number of halogens is 1. The Hall–Kier alpha value is -0.880. The van der Waals surface area contributed by atoms with Crippen LogP contribution in [0, 0.1) is 5.92 Å². The third-order valence-electron chi connectivity index (χ3n) is 2.14. The second kappa shape index (κ2) is 6.76. The smallest absolute Gasteiger partial charge is 0.283 e. The Bertz CT molecular complexity index is 418. The molecule has 0 unspecified atom stereocenters. The number of methoxy groups -OCH3 is 1.